The molecule has 2 aliphatic rings. The number of nitrogens with one attached hydrogen (secondary N) is 1. The van der Waals surface area contributed by atoms with E-state index >= 15 is 0 Å². The van der Waals surface area contributed by atoms with Gasteiger partial charge in [0.05, 0.1) is 10.9 Å². The number of carbonyl (C=O) groups is 1. The van der Waals surface area contributed by atoms with Gasteiger partial charge in [0.2, 0.25) is 15.9 Å². The molecule has 27 heavy (non-hydrogen) atoms. The zero-order valence-electron chi connectivity index (χ0n) is 16.4. The summed E-state index contributed by atoms with van der Waals surface area (Å²) in [5, 5.41) is 3.18. The molecule has 1 N–H and O–H groups in total. The maximum Gasteiger partial charge on any atom is 0.243 e. The predicted molar refractivity (Wildman–Crippen MR) is 106 cm³/mol. The highest BCUT2D eigenvalue weighted by atomic mass is 32.2. The molecule has 1 aromatic carbocycles. The number of benzene rings is 1. The van der Waals surface area contributed by atoms with Crippen LogP contribution < -0.4 is 5.32 Å². The van der Waals surface area contributed by atoms with Gasteiger partial charge in [0, 0.05) is 32.2 Å². The van der Waals surface area contributed by atoms with Gasteiger partial charge in [-0.15, -0.1) is 0 Å². The number of hydrogen-bond donors (Lipinski definition) is 1. The van der Waals surface area contributed by atoms with Crippen LogP contribution in [0, 0.1) is 6.92 Å². The van der Waals surface area contributed by atoms with Gasteiger partial charge in [-0.2, -0.15) is 4.31 Å². The Hall–Kier alpha value is -1.44. The molecule has 1 amide bonds. The van der Waals surface area contributed by atoms with Crippen molar-refractivity contribution in [2.75, 3.05) is 26.2 Å². The van der Waals surface area contributed by atoms with E-state index in [0.717, 1.165) is 18.4 Å². The summed E-state index contributed by atoms with van der Waals surface area (Å²) in [7, 11) is -3.46. The molecule has 2 fully saturated rings. The zero-order valence-corrected chi connectivity index (χ0v) is 17.2. The van der Waals surface area contributed by atoms with Crippen molar-refractivity contribution >= 4 is 15.9 Å². The Labute approximate surface area is 163 Å². The van der Waals surface area contributed by atoms with Gasteiger partial charge < -0.3 is 5.32 Å². The lowest BCUT2D eigenvalue weighted by atomic mass is 9.95. The Kier molecular flexibility index (Phi) is 6.55. The van der Waals surface area contributed by atoms with Gasteiger partial charge in [-0.25, -0.2) is 8.42 Å². The monoisotopic (exact) mass is 393 g/mol. The molecule has 0 bridgehead atoms. The predicted octanol–water partition coefficient (Wildman–Crippen LogP) is 2.14. The quantitative estimate of drug-likeness (QED) is 0.832. The van der Waals surface area contributed by atoms with Crippen LogP contribution in [0.1, 0.15) is 44.6 Å². The molecule has 1 atom stereocenters. The molecule has 0 aromatic heterocycles. The molecule has 1 aliphatic heterocycles. The minimum atomic E-state index is -3.46. The first-order chi connectivity index (χ1) is 12.9. The molecule has 1 saturated carbocycles. The molecule has 0 radical (unpaired) electrons. The number of hydrogen-bond acceptors (Lipinski definition) is 4. The SMILES string of the molecule is Cc1ccc(S(=O)(=O)N2CCN(C(C)C(=O)NC3CCCCC3)CC2)cc1. The average molecular weight is 394 g/mol. The first kappa shape index (κ1) is 20.3. The fourth-order valence-electron chi connectivity index (χ4n) is 3.93. The summed E-state index contributed by atoms with van der Waals surface area (Å²) in [6, 6.07) is 7.05. The van der Waals surface area contributed by atoms with Crippen LogP contribution in [0.15, 0.2) is 29.2 Å². The van der Waals surface area contributed by atoms with E-state index in [2.05, 4.69) is 10.2 Å². The smallest absolute Gasteiger partial charge is 0.243 e. The Morgan fingerprint density at radius 1 is 1.04 bits per heavy atom. The third-order valence-electron chi connectivity index (χ3n) is 5.81. The third kappa shape index (κ3) is 4.89. The Balaban J connectivity index is 1.54. The molecule has 1 heterocycles. The Bertz CT molecular complexity index is 734. The van der Waals surface area contributed by atoms with Crippen LogP contribution in [0.25, 0.3) is 0 Å². The second-order valence-corrected chi connectivity index (χ2v) is 9.71. The number of piperazine rings is 1. The lowest BCUT2D eigenvalue weighted by Gasteiger charge is -2.37. The van der Waals surface area contributed by atoms with Gasteiger partial charge in [0.15, 0.2) is 0 Å². The average Bonchev–Trinajstić information content (AvgIpc) is 2.68. The van der Waals surface area contributed by atoms with Crippen molar-refractivity contribution in [3.63, 3.8) is 0 Å². The van der Waals surface area contributed by atoms with Gasteiger partial charge in [-0.3, -0.25) is 9.69 Å². The molecule has 1 saturated heterocycles. The Morgan fingerprint density at radius 3 is 2.22 bits per heavy atom. The lowest BCUT2D eigenvalue weighted by Crippen LogP contribution is -2.55. The molecular formula is C20H31N3O3S. The fraction of sp³-hybridized carbons (Fsp3) is 0.650. The number of amides is 1. The molecule has 6 nitrogen and oxygen atoms in total. The van der Waals surface area contributed by atoms with Crippen molar-refractivity contribution in [1.29, 1.82) is 0 Å². The van der Waals surface area contributed by atoms with Crippen molar-refractivity contribution in [2.45, 2.75) is 62.9 Å². The summed E-state index contributed by atoms with van der Waals surface area (Å²) in [6.07, 6.45) is 5.78. The minimum absolute atomic E-state index is 0.0664. The normalized spacial score (nSPS) is 21.7. The Morgan fingerprint density at radius 2 is 1.63 bits per heavy atom. The number of rotatable bonds is 5. The van der Waals surface area contributed by atoms with E-state index in [4.69, 9.17) is 0 Å². The van der Waals surface area contributed by atoms with E-state index in [0.29, 0.717) is 37.1 Å². The van der Waals surface area contributed by atoms with Gasteiger partial charge in [0.25, 0.3) is 0 Å². The maximum atomic E-state index is 12.8. The van der Waals surface area contributed by atoms with Gasteiger partial charge in [0.1, 0.15) is 0 Å². The third-order valence-corrected chi connectivity index (χ3v) is 7.72. The molecule has 1 aliphatic carbocycles. The highest BCUT2D eigenvalue weighted by Gasteiger charge is 2.32. The fourth-order valence-corrected chi connectivity index (χ4v) is 5.35. The highest BCUT2D eigenvalue weighted by molar-refractivity contribution is 7.89. The van der Waals surface area contributed by atoms with Crippen LogP contribution in [0.5, 0.6) is 0 Å². The maximum absolute atomic E-state index is 12.8. The van der Waals surface area contributed by atoms with Crippen molar-refractivity contribution in [3.05, 3.63) is 29.8 Å². The van der Waals surface area contributed by atoms with Crippen molar-refractivity contribution in [3.8, 4) is 0 Å². The number of nitrogens with zero attached hydrogens (tertiary/aromatic N) is 2. The van der Waals surface area contributed by atoms with Crippen molar-refractivity contribution in [2.24, 2.45) is 0 Å². The summed E-state index contributed by atoms with van der Waals surface area (Å²) in [5.74, 6) is 0.0664. The number of carbonyl (C=O) groups excluding carboxylic acids is 1. The van der Waals surface area contributed by atoms with Gasteiger partial charge in [-0.1, -0.05) is 37.0 Å². The molecule has 1 unspecified atom stereocenters. The first-order valence-electron chi connectivity index (χ1n) is 9.99. The summed E-state index contributed by atoms with van der Waals surface area (Å²) in [5.41, 5.74) is 1.04. The molecule has 0 spiro atoms. The van der Waals surface area contributed by atoms with E-state index in [-0.39, 0.29) is 11.9 Å². The summed E-state index contributed by atoms with van der Waals surface area (Å²) >= 11 is 0. The van der Waals surface area contributed by atoms with Gasteiger partial charge >= 0.3 is 0 Å². The van der Waals surface area contributed by atoms with Crippen LogP contribution in [0.4, 0.5) is 0 Å². The van der Waals surface area contributed by atoms with Crippen molar-refractivity contribution in [1.82, 2.24) is 14.5 Å². The number of sulfonamides is 1. The van der Waals surface area contributed by atoms with Crippen LogP contribution in [-0.2, 0) is 14.8 Å². The second kappa shape index (κ2) is 8.71. The van der Waals surface area contributed by atoms with Crippen molar-refractivity contribution < 1.29 is 13.2 Å². The van der Waals surface area contributed by atoms with Crippen LogP contribution in [0.2, 0.25) is 0 Å². The minimum Gasteiger partial charge on any atom is -0.352 e. The van der Waals surface area contributed by atoms with E-state index < -0.39 is 10.0 Å². The lowest BCUT2D eigenvalue weighted by molar-refractivity contribution is -0.127. The number of aryl methyl sites for hydroxylation is 1. The van der Waals surface area contributed by atoms with Crippen LogP contribution in [-0.4, -0.2) is 61.8 Å². The summed E-state index contributed by atoms with van der Waals surface area (Å²) in [6.45, 7) is 5.83. The second-order valence-electron chi connectivity index (χ2n) is 7.77. The van der Waals surface area contributed by atoms with E-state index in [1.807, 2.05) is 26.0 Å². The van der Waals surface area contributed by atoms with Crippen LogP contribution >= 0.6 is 0 Å². The van der Waals surface area contributed by atoms with E-state index in [1.165, 1.54) is 23.6 Å². The molecule has 150 valence electrons. The summed E-state index contributed by atoms with van der Waals surface area (Å²) in [4.78, 5) is 15.0. The summed E-state index contributed by atoms with van der Waals surface area (Å²) < 4.78 is 27.1. The molecular weight excluding hydrogens is 362 g/mol. The van der Waals surface area contributed by atoms with E-state index in [1.54, 1.807) is 12.1 Å². The molecule has 1 aromatic rings. The molecule has 7 heteroatoms. The van der Waals surface area contributed by atoms with E-state index in [9.17, 15) is 13.2 Å². The standard InChI is InChI=1S/C20H31N3O3S/c1-16-8-10-19(11-9-16)27(25,26)23-14-12-22(13-15-23)17(2)20(24)21-18-6-4-3-5-7-18/h8-11,17-18H,3-7,12-15H2,1-2H3,(H,21,24). The van der Waals surface area contributed by atoms with Gasteiger partial charge in [-0.05, 0) is 38.8 Å². The first-order valence-corrected chi connectivity index (χ1v) is 11.4. The molecule has 3 rings (SSSR count). The largest absolute Gasteiger partial charge is 0.352 e. The zero-order chi connectivity index (χ0) is 19.4. The topological polar surface area (TPSA) is 69.7 Å². The highest BCUT2D eigenvalue weighted by Crippen LogP contribution is 2.20. The van der Waals surface area contributed by atoms with Crippen LogP contribution in [0.3, 0.4) is 0 Å².